The van der Waals surface area contributed by atoms with Gasteiger partial charge in [0.05, 0.1) is 28.3 Å². The molecule has 2 aromatic carbocycles. The summed E-state index contributed by atoms with van der Waals surface area (Å²) in [6.07, 6.45) is 0. The molecular formula is C22H23N3O3. The molecule has 1 heterocycles. The van der Waals surface area contributed by atoms with Crippen LogP contribution >= 0.6 is 0 Å². The number of hydrogen-bond acceptors (Lipinski definition) is 4. The maximum absolute atomic E-state index is 12.3. The summed E-state index contributed by atoms with van der Waals surface area (Å²) in [5, 5.41) is 7.31. The number of anilines is 1. The predicted octanol–water partition coefficient (Wildman–Crippen LogP) is 3.90. The third kappa shape index (κ3) is 4.28. The second-order valence-electron chi connectivity index (χ2n) is 6.79. The van der Waals surface area contributed by atoms with Crippen LogP contribution in [0.3, 0.4) is 0 Å². The molecule has 3 aromatic rings. The van der Waals surface area contributed by atoms with Gasteiger partial charge < -0.3 is 10.1 Å². The van der Waals surface area contributed by atoms with E-state index in [2.05, 4.69) is 10.4 Å². The number of rotatable bonds is 5. The van der Waals surface area contributed by atoms with E-state index in [1.165, 1.54) is 0 Å². The molecule has 0 fully saturated rings. The molecule has 6 nitrogen and oxygen atoms in total. The Morgan fingerprint density at radius 3 is 2.39 bits per heavy atom. The number of benzene rings is 2. The fourth-order valence-electron chi connectivity index (χ4n) is 2.92. The number of carbonyl (C=O) groups excluding carboxylic acids is 2. The van der Waals surface area contributed by atoms with Crippen molar-refractivity contribution in [1.82, 2.24) is 9.78 Å². The number of ether oxygens (including phenoxy) is 1. The lowest BCUT2D eigenvalue weighted by atomic mass is 10.1. The van der Waals surface area contributed by atoms with Crippen LogP contribution in [-0.2, 0) is 9.53 Å². The van der Waals surface area contributed by atoms with E-state index in [1.54, 1.807) is 22.9 Å². The average molecular weight is 377 g/mol. The minimum Gasteiger partial charge on any atom is -0.452 e. The minimum absolute atomic E-state index is 0.360. The van der Waals surface area contributed by atoms with Crippen molar-refractivity contribution in [3.63, 3.8) is 0 Å². The highest BCUT2D eigenvalue weighted by atomic mass is 16.5. The Bertz CT molecular complexity index is 1020. The molecule has 0 spiro atoms. The van der Waals surface area contributed by atoms with Crippen molar-refractivity contribution in [3.05, 3.63) is 76.6 Å². The number of aromatic nitrogens is 2. The summed E-state index contributed by atoms with van der Waals surface area (Å²) in [5.41, 5.74) is 5.57. The molecule has 0 saturated carbocycles. The van der Waals surface area contributed by atoms with Gasteiger partial charge in [-0.25, -0.2) is 9.48 Å². The Balaban J connectivity index is 1.67. The summed E-state index contributed by atoms with van der Waals surface area (Å²) in [6.45, 7) is 7.26. The van der Waals surface area contributed by atoms with Crippen molar-refractivity contribution >= 4 is 17.6 Å². The lowest BCUT2D eigenvalue weighted by Gasteiger charge is -2.08. The molecule has 28 heavy (non-hydrogen) atoms. The van der Waals surface area contributed by atoms with Gasteiger partial charge in [-0.15, -0.1) is 0 Å². The van der Waals surface area contributed by atoms with Gasteiger partial charge in [0.1, 0.15) is 0 Å². The zero-order valence-electron chi connectivity index (χ0n) is 16.4. The monoisotopic (exact) mass is 377 g/mol. The molecule has 0 aliphatic rings. The van der Waals surface area contributed by atoms with E-state index in [4.69, 9.17) is 4.74 Å². The molecule has 144 valence electrons. The summed E-state index contributed by atoms with van der Waals surface area (Å²) in [4.78, 5) is 24.4. The maximum atomic E-state index is 12.3. The Labute approximate surface area is 164 Å². The SMILES string of the molecule is Cc1ccc(-n2nc(C)c(NC(=O)COC(=O)c3cccc(C)c3)c2C)cc1. The molecule has 1 amide bonds. The Kier molecular flexibility index (Phi) is 5.59. The van der Waals surface area contributed by atoms with Crippen LogP contribution in [0.2, 0.25) is 0 Å². The lowest BCUT2D eigenvalue weighted by Crippen LogP contribution is -2.21. The first-order chi connectivity index (χ1) is 13.3. The Hall–Kier alpha value is -3.41. The van der Waals surface area contributed by atoms with E-state index >= 15 is 0 Å². The van der Waals surface area contributed by atoms with Crippen molar-refractivity contribution in [2.24, 2.45) is 0 Å². The van der Waals surface area contributed by atoms with Crippen molar-refractivity contribution in [1.29, 1.82) is 0 Å². The van der Waals surface area contributed by atoms with Crippen molar-refractivity contribution in [2.45, 2.75) is 27.7 Å². The normalized spacial score (nSPS) is 10.6. The van der Waals surface area contributed by atoms with Gasteiger partial charge in [-0.05, 0) is 52.0 Å². The van der Waals surface area contributed by atoms with Gasteiger partial charge in [0.2, 0.25) is 0 Å². The molecule has 1 aromatic heterocycles. The van der Waals surface area contributed by atoms with Crippen LogP contribution in [0.4, 0.5) is 5.69 Å². The first kappa shape index (κ1) is 19.4. The van der Waals surface area contributed by atoms with Crippen molar-refractivity contribution in [3.8, 4) is 5.69 Å². The summed E-state index contributed by atoms with van der Waals surface area (Å²) in [7, 11) is 0. The van der Waals surface area contributed by atoms with Crippen molar-refractivity contribution in [2.75, 3.05) is 11.9 Å². The average Bonchev–Trinajstić information content (AvgIpc) is 2.95. The molecule has 0 atom stereocenters. The van der Waals surface area contributed by atoms with Crippen LogP contribution < -0.4 is 5.32 Å². The standard InChI is InChI=1S/C22H23N3O3/c1-14-8-10-19(11-9-14)25-17(4)21(16(3)24-25)23-20(26)13-28-22(27)18-7-5-6-15(2)12-18/h5-12H,13H2,1-4H3,(H,23,26). The number of nitrogens with zero attached hydrogens (tertiary/aromatic N) is 2. The first-order valence-electron chi connectivity index (χ1n) is 9.02. The van der Waals surface area contributed by atoms with E-state index in [0.29, 0.717) is 16.9 Å². The van der Waals surface area contributed by atoms with Gasteiger partial charge in [0, 0.05) is 0 Å². The smallest absolute Gasteiger partial charge is 0.338 e. The highest BCUT2D eigenvalue weighted by molar-refractivity contribution is 5.96. The van der Waals surface area contributed by atoms with Gasteiger partial charge in [-0.3, -0.25) is 4.79 Å². The van der Waals surface area contributed by atoms with E-state index in [9.17, 15) is 9.59 Å². The van der Waals surface area contributed by atoms with E-state index in [1.807, 2.05) is 58.0 Å². The lowest BCUT2D eigenvalue weighted by molar-refractivity contribution is -0.119. The first-order valence-corrected chi connectivity index (χ1v) is 9.02. The summed E-state index contributed by atoms with van der Waals surface area (Å²) in [5.74, 6) is -0.932. The molecular weight excluding hydrogens is 354 g/mol. The Morgan fingerprint density at radius 1 is 1.00 bits per heavy atom. The van der Waals surface area contributed by atoms with Gasteiger partial charge in [0.15, 0.2) is 6.61 Å². The maximum Gasteiger partial charge on any atom is 0.338 e. The summed E-state index contributed by atoms with van der Waals surface area (Å²) >= 11 is 0. The van der Waals surface area contributed by atoms with Crippen molar-refractivity contribution < 1.29 is 14.3 Å². The molecule has 6 heteroatoms. The van der Waals surface area contributed by atoms with Crippen LogP contribution in [-0.4, -0.2) is 28.3 Å². The number of amides is 1. The summed E-state index contributed by atoms with van der Waals surface area (Å²) < 4.78 is 6.90. The van der Waals surface area contributed by atoms with Crippen LogP contribution in [0, 0.1) is 27.7 Å². The summed E-state index contributed by atoms with van der Waals surface area (Å²) in [6, 6.07) is 15.0. The van der Waals surface area contributed by atoms with Crippen LogP contribution in [0.1, 0.15) is 32.9 Å². The number of nitrogens with one attached hydrogen (secondary N) is 1. The number of hydrogen-bond donors (Lipinski definition) is 1. The van der Waals surface area contributed by atoms with Crippen LogP contribution in [0.5, 0.6) is 0 Å². The van der Waals surface area contributed by atoms with Crippen LogP contribution in [0.25, 0.3) is 5.69 Å². The molecule has 3 rings (SSSR count). The minimum atomic E-state index is -0.525. The second kappa shape index (κ2) is 8.08. The zero-order chi connectivity index (χ0) is 20.3. The van der Waals surface area contributed by atoms with Gasteiger partial charge in [-0.2, -0.15) is 5.10 Å². The predicted molar refractivity (Wildman–Crippen MR) is 108 cm³/mol. The molecule has 0 aliphatic carbocycles. The van der Waals surface area contributed by atoms with Gasteiger partial charge in [-0.1, -0.05) is 35.4 Å². The van der Waals surface area contributed by atoms with Crippen LogP contribution in [0.15, 0.2) is 48.5 Å². The number of carbonyl (C=O) groups is 2. The number of aryl methyl sites for hydroxylation is 3. The third-order valence-electron chi connectivity index (χ3n) is 4.42. The van der Waals surface area contributed by atoms with Gasteiger partial charge >= 0.3 is 5.97 Å². The molecule has 0 bridgehead atoms. The molecule has 0 unspecified atom stereocenters. The van der Waals surface area contributed by atoms with E-state index in [-0.39, 0.29) is 6.61 Å². The molecule has 1 N–H and O–H groups in total. The zero-order valence-corrected chi connectivity index (χ0v) is 16.4. The fraction of sp³-hybridized carbons (Fsp3) is 0.227. The van der Waals surface area contributed by atoms with E-state index < -0.39 is 11.9 Å². The molecule has 0 radical (unpaired) electrons. The topological polar surface area (TPSA) is 73.2 Å². The second-order valence-corrected chi connectivity index (χ2v) is 6.79. The molecule has 0 aliphatic heterocycles. The molecule has 0 saturated heterocycles. The Morgan fingerprint density at radius 2 is 1.71 bits per heavy atom. The fourth-order valence-corrected chi connectivity index (χ4v) is 2.92. The number of esters is 1. The third-order valence-corrected chi connectivity index (χ3v) is 4.42. The quantitative estimate of drug-likeness (QED) is 0.685. The van der Waals surface area contributed by atoms with Gasteiger partial charge in [0.25, 0.3) is 5.91 Å². The highest BCUT2D eigenvalue weighted by Crippen LogP contribution is 2.23. The largest absolute Gasteiger partial charge is 0.452 e. The van der Waals surface area contributed by atoms with E-state index in [0.717, 1.165) is 22.5 Å². The highest BCUT2D eigenvalue weighted by Gasteiger charge is 2.16.